The van der Waals surface area contributed by atoms with Gasteiger partial charge in [-0.3, -0.25) is 4.79 Å². The molecule has 0 unspecified atom stereocenters. The Kier molecular flexibility index (Phi) is 6.83. The number of furan rings is 1. The average molecular weight is 408 g/mol. The number of allylic oxidation sites excluding steroid dienone is 1. The summed E-state index contributed by atoms with van der Waals surface area (Å²) in [7, 11) is 3.29. The van der Waals surface area contributed by atoms with E-state index >= 15 is 0 Å². The molecule has 3 aromatic rings. The first-order valence-electron chi connectivity index (χ1n) is 10.2. The van der Waals surface area contributed by atoms with E-state index in [9.17, 15) is 4.79 Å². The number of unbranched alkanes of at least 4 members (excludes halogenated alkanes) is 1. The van der Waals surface area contributed by atoms with Gasteiger partial charge in [0.1, 0.15) is 17.1 Å². The second-order valence-corrected chi connectivity index (χ2v) is 7.28. The molecule has 3 rings (SSSR count). The van der Waals surface area contributed by atoms with Gasteiger partial charge in [0.25, 0.3) is 0 Å². The van der Waals surface area contributed by atoms with E-state index in [1.807, 2.05) is 44.2 Å². The Labute approximate surface area is 177 Å². The maximum Gasteiger partial charge on any atom is 0.244 e. The van der Waals surface area contributed by atoms with Crippen LogP contribution in [0.25, 0.3) is 27.7 Å². The second kappa shape index (κ2) is 9.53. The van der Waals surface area contributed by atoms with Gasteiger partial charge >= 0.3 is 0 Å². The second-order valence-electron chi connectivity index (χ2n) is 7.28. The SMILES string of the molecule is CCCCNC(=O)/C=C(\C)c1cc2c(-c3ccccc3OC)coc2c(C)c1OC. The average Bonchev–Trinajstić information content (AvgIpc) is 3.17. The molecule has 0 saturated heterocycles. The van der Waals surface area contributed by atoms with Crippen molar-refractivity contribution in [2.75, 3.05) is 20.8 Å². The van der Waals surface area contributed by atoms with E-state index in [0.29, 0.717) is 12.3 Å². The smallest absolute Gasteiger partial charge is 0.244 e. The largest absolute Gasteiger partial charge is 0.496 e. The van der Waals surface area contributed by atoms with Crippen LogP contribution in [0.3, 0.4) is 0 Å². The zero-order chi connectivity index (χ0) is 21.7. The van der Waals surface area contributed by atoms with Crippen LogP contribution in [0, 0.1) is 6.92 Å². The topological polar surface area (TPSA) is 60.7 Å². The summed E-state index contributed by atoms with van der Waals surface area (Å²) in [4.78, 5) is 12.3. The van der Waals surface area contributed by atoms with Gasteiger partial charge in [-0.2, -0.15) is 0 Å². The Morgan fingerprint density at radius 1 is 1.17 bits per heavy atom. The van der Waals surface area contributed by atoms with Gasteiger partial charge in [0.2, 0.25) is 5.91 Å². The lowest BCUT2D eigenvalue weighted by atomic mass is 9.96. The minimum atomic E-state index is -0.0992. The minimum Gasteiger partial charge on any atom is -0.496 e. The highest BCUT2D eigenvalue weighted by Crippen LogP contribution is 2.42. The molecular formula is C25H29NO4. The highest BCUT2D eigenvalue weighted by molar-refractivity contribution is 6.02. The van der Waals surface area contributed by atoms with E-state index < -0.39 is 0 Å². The number of methoxy groups -OCH3 is 2. The molecule has 1 heterocycles. The predicted molar refractivity (Wildman–Crippen MR) is 121 cm³/mol. The number of benzene rings is 2. The summed E-state index contributed by atoms with van der Waals surface area (Å²) in [5.74, 6) is 1.38. The van der Waals surface area contributed by atoms with Crippen molar-refractivity contribution in [1.29, 1.82) is 0 Å². The molecule has 5 heteroatoms. The summed E-state index contributed by atoms with van der Waals surface area (Å²) in [6.07, 6.45) is 5.38. The Balaban J connectivity index is 2.12. The first kappa shape index (κ1) is 21.5. The summed E-state index contributed by atoms with van der Waals surface area (Å²) in [6.45, 7) is 6.66. The number of ether oxygens (including phenoxy) is 2. The van der Waals surface area contributed by atoms with E-state index in [1.165, 1.54) is 0 Å². The first-order chi connectivity index (χ1) is 14.5. The van der Waals surface area contributed by atoms with Crippen molar-refractivity contribution in [3.05, 3.63) is 53.8 Å². The maximum absolute atomic E-state index is 12.3. The molecular weight excluding hydrogens is 378 g/mol. The zero-order valence-corrected chi connectivity index (χ0v) is 18.3. The van der Waals surface area contributed by atoms with E-state index in [-0.39, 0.29) is 5.91 Å². The molecule has 158 valence electrons. The molecule has 0 bridgehead atoms. The zero-order valence-electron chi connectivity index (χ0n) is 18.3. The van der Waals surface area contributed by atoms with Crippen molar-refractivity contribution in [3.8, 4) is 22.6 Å². The highest BCUT2D eigenvalue weighted by atomic mass is 16.5. The monoisotopic (exact) mass is 407 g/mol. The van der Waals surface area contributed by atoms with E-state index in [4.69, 9.17) is 13.9 Å². The molecule has 0 aliphatic heterocycles. The number of hydrogen-bond donors (Lipinski definition) is 1. The molecule has 0 spiro atoms. The van der Waals surface area contributed by atoms with Gasteiger partial charge in [-0.25, -0.2) is 0 Å². The number of aryl methyl sites for hydroxylation is 1. The maximum atomic E-state index is 12.3. The highest BCUT2D eigenvalue weighted by Gasteiger charge is 2.20. The van der Waals surface area contributed by atoms with Crippen LogP contribution in [0.15, 0.2) is 47.1 Å². The van der Waals surface area contributed by atoms with Crippen LogP contribution < -0.4 is 14.8 Å². The van der Waals surface area contributed by atoms with Crippen LogP contribution in [0.4, 0.5) is 0 Å². The van der Waals surface area contributed by atoms with E-state index in [1.54, 1.807) is 26.6 Å². The number of carbonyl (C=O) groups is 1. The molecule has 1 aromatic heterocycles. The molecule has 0 fully saturated rings. The Bertz CT molecular complexity index is 1080. The molecule has 30 heavy (non-hydrogen) atoms. The fourth-order valence-electron chi connectivity index (χ4n) is 3.66. The number of amides is 1. The van der Waals surface area contributed by atoms with Gasteiger partial charge in [-0.15, -0.1) is 0 Å². The summed E-state index contributed by atoms with van der Waals surface area (Å²) < 4.78 is 17.2. The fourth-order valence-corrected chi connectivity index (χ4v) is 3.66. The number of carbonyl (C=O) groups excluding carboxylic acids is 1. The number of para-hydroxylation sites is 1. The van der Waals surface area contributed by atoms with Crippen molar-refractivity contribution in [1.82, 2.24) is 5.32 Å². The molecule has 1 amide bonds. The fraction of sp³-hybridized carbons (Fsp3) is 0.320. The lowest BCUT2D eigenvalue weighted by Gasteiger charge is -2.14. The van der Waals surface area contributed by atoms with Crippen LogP contribution in [-0.4, -0.2) is 26.7 Å². The Morgan fingerprint density at radius 2 is 1.93 bits per heavy atom. The summed E-state index contributed by atoms with van der Waals surface area (Å²) in [6, 6.07) is 9.87. The molecule has 0 aliphatic carbocycles. The van der Waals surface area contributed by atoms with Gasteiger partial charge in [0, 0.05) is 40.3 Å². The Hall–Kier alpha value is -3.21. The van der Waals surface area contributed by atoms with Crippen molar-refractivity contribution in [3.63, 3.8) is 0 Å². The molecule has 0 saturated carbocycles. The van der Waals surface area contributed by atoms with Crippen LogP contribution in [0.2, 0.25) is 0 Å². The van der Waals surface area contributed by atoms with Crippen molar-refractivity contribution >= 4 is 22.4 Å². The number of fused-ring (bicyclic) bond motifs is 1. The minimum absolute atomic E-state index is 0.0992. The number of rotatable bonds is 8. The summed E-state index contributed by atoms with van der Waals surface area (Å²) in [5, 5.41) is 3.88. The summed E-state index contributed by atoms with van der Waals surface area (Å²) >= 11 is 0. The molecule has 2 aromatic carbocycles. The number of nitrogens with one attached hydrogen (secondary N) is 1. The van der Waals surface area contributed by atoms with Gasteiger partial charge in [-0.1, -0.05) is 31.5 Å². The van der Waals surface area contributed by atoms with Crippen molar-refractivity contribution in [2.24, 2.45) is 0 Å². The summed E-state index contributed by atoms with van der Waals surface area (Å²) in [5.41, 5.74) is 5.24. The lowest BCUT2D eigenvalue weighted by molar-refractivity contribution is -0.116. The molecule has 1 N–H and O–H groups in total. The van der Waals surface area contributed by atoms with Crippen molar-refractivity contribution < 1.29 is 18.7 Å². The van der Waals surface area contributed by atoms with Crippen LogP contribution in [0.5, 0.6) is 11.5 Å². The van der Waals surface area contributed by atoms with E-state index in [0.717, 1.165) is 57.4 Å². The third-order valence-corrected chi connectivity index (χ3v) is 5.25. The number of hydrogen-bond acceptors (Lipinski definition) is 4. The predicted octanol–water partition coefficient (Wildman–Crippen LogP) is 5.75. The van der Waals surface area contributed by atoms with Gasteiger partial charge in [-0.05, 0) is 38.0 Å². The Morgan fingerprint density at radius 3 is 2.63 bits per heavy atom. The normalized spacial score (nSPS) is 11.6. The first-order valence-corrected chi connectivity index (χ1v) is 10.2. The third-order valence-electron chi connectivity index (χ3n) is 5.25. The van der Waals surface area contributed by atoms with Crippen LogP contribution >= 0.6 is 0 Å². The standard InChI is InChI=1S/C25H29NO4/c1-6-7-12-26-23(27)13-16(2)19-14-20-21(18-10-8-9-11-22(18)28-4)15-30-25(20)17(3)24(19)29-5/h8-11,13-15H,6-7,12H2,1-5H3,(H,26,27)/b16-13+. The molecule has 0 radical (unpaired) electrons. The molecule has 5 nitrogen and oxygen atoms in total. The quantitative estimate of drug-likeness (QED) is 0.382. The van der Waals surface area contributed by atoms with Crippen molar-refractivity contribution in [2.45, 2.75) is 33.6 Å². The van der Waals surface area contributed by atoms with Gasteiger partial charge in [0.05, 0.1) is 20.5 Å². The molecule has 0 atom stereocenters. The van der Waals surface area contributed by atoms with Gasteiger partial charge in [0.15, 0.2) is 0 Å². The van der Waals surface area contributed by atoms with Crippen LogP contribution in [0.1, 0.15) is 37.8 Å². The molecule has 0 aliphatic rings. The van der Waals surface area contributed by atoms with Gasteiger partial charge < -0.3 is 19.2 Å². The lowest BCUT2D eigenvalue weighted by Crippen LogP contribution is -2.22. The van der Waals surface area contributed by atoms with E-state index in [2.05, 4.69) is 12.2 Å². The third kappa shape index (κ3) is 4.20. The van der Waals surface area contributed by atoms with Crippen LogP contribution in [-0.2, 0) is 4.79 Å².